The normalized spacial score (nSPS) is 15.6. The van der Waals surface area contributed by atoms with Crippen LogP contribution in [0.15, 0.2) is 36.4 Å². The molecule has 0 saturated carbocycles. The van der Waals surface area contributed by atoms with Crippen LogP contribution >= 0.6 is 0 Å². The third-order valence-electron chi connectivity index (χ3n) is 5.03. The molecule has 2 aromatic rings. The topological polar surface area (TPSA) is 15.7 Å². The fourth-order valence-corrected chi connectivity index (χ4v) is 3.34. The number of hydrogen-bond acceptors (Lipinski definition) is 3. The van der Waals surface area contributed by atoms with Crippen LogP contribution in [0.2, 0.25) is 0 Å². The van der Waals surface area contributed by atoms with Crippen molar-refractivity contribution in [3.05, 3.63) is 58.9 Å². The summed E-state index contributed by atoms with van der Waals surface area (Å²) in [7, 11) is 1.71. The van der Waals surface area contributed by atoms with E-state index < -0.39 is 0 Å². The molecule has 3 rings (SSSR count). The Morgan fingerprint density at radius 3 is 2.33 bits per heavy atom. The second-order valence-electron chi connectivity index (χ2n) is 6.39. The maximum Gasteiger partial charge on any atom is 0.146 e. The van der Waals surface area contributed by atoms with Crippen LogP contribution in [0.5, 0.6) is 5.75 Å². The van der Waals surface area contributed by atoms with Gasteiger partial charge in [0.1, 0.15) is 11.6 Å². The highest BCUT2D eigenvalue weighted by Crippen LogP contribution is 2.26. The predicted octanol–water partition coefficient (Wildman–Crippen LogP) is 3.77. The van der Waals surface area contributed by atoms with Gasteiger partial charge in [0.15, 0.2) is 0 Å². The van der Waals surface area contributed by atoms with Gasteiger partial charge in [-0.1, -0.05) is 18.2 Å². The molecule has 1 fully saturated rings. The van der Waals surface area contributed by atoms with Crippen molar-refractivity contribution in [2.75, 3.05) is 38.2 Å². The number of piperazine rings is 1. The highest BCUT2D eigenvalue weighted by atomic mass is 19.1. The van der Waals surface area contributed by atoms with E-state index in [2.05, 4.69) is 29.7 Å². The molecule has 0 amide bonds. The van der Waals surface area contributed by atoms with Crippen molar-refractivity contribution in [1.29, 1.82) is 0 Å². The SMILES string of the molecule is COc1ccc(CN2CCN(c3ccccc3F)CC2)c(C)c1C. The predicted molar refractivity (Wildman–Crippen MR) is 96.4 cm³/mol. The highest BCUT2D eigenvalue weighted by molar-refractivity contribution is 5.48. The van der Waals surface area contributed by atoms with Gasteiger partial charge in [-0.3, -0.25) is 4.90 Å². The third-order valence-corrected chi connectivity index (χ3v) is 5.03. The Labute approximate surface area is 143 Å². The summed E-state index contributed by atoms with van der Waals surface area (Å²) in [6.45, 7) is 8.79. The van der Waals surface area contributed by atoms with Gasteiger partial charge in [-0.2, -0.15) is 0 Å². The minimum Gasteiger partial charge on any atom is -0.496 e. The van der Waals surface area contributed by atoms with Crippen molar-refractivity contribution in [3.8, 4) is 5.75 Å². The van der Waals surface area contributed by atoms with Crippen molar-refractivity contribution in [3.63, 3.8) is 0 Å². The number of benzene rings is 2. The molecule has 0 bridgehead atoms. The van der Waals surface area contributed by atoms with Crippen LogP contribution in [0.4, 0.5) is 10.1 Å². The van der Waals surface area contributed by atoms with E-state index in [1.807, 2.05) is 18.2 Å². The Hall–Kier alpha value is -2.07. The van der Waals surface area contributed by atoms with Crippen molar-refractivity contribution >= 4 is 5.69 Å². The molecule has 3 nitrogen and oxygen atoms in total. The van der Waals surface area contributed by atoms with Gasteiger partial charge in [0.05, 0.1) is 12.8 Å². The van der Waals surface area contributed by atoms with E-state index in [0.29, 0.717) is 5.69 Å². The molecule has 1 aliphatic heterocycles. The largest absolute Gasteiger partial charge is 0.496 e. The van der Waals surface area contributed by atoms with E-state index in [0.717, 1.165) is 38.5 Å². The zero-order valence-corrected chi connectivity index (χ0v) is 14.7. The second kappa shape index (κ2) is 7.22. The van der Waals surface area contributed by atoms with E-state index in [4.69, 9.17) is 4.74 Å². The van der Waals surface area contributed by atoms with E-state index in [1.54, 1.807) is 13.2 Å². The fourth-order valence-electron chi connectivity index (χ4n) is 3.34. The van der Waals surface area contributed by atoms with E-state index >= 15 is 0 Å². The maximum atomic E-state index is 13.9. The summed E-state index contributed by atoms with van der Waals surface area (Å²) < 4.78 is 19.3. The van der Waals surface area contributed by atoms with Crippen LogP contribution < -0.4 is 9.64 Å². The number of anilines is 1. The second-order valence-corrected chi connectivity index (χ2v) is 6.39. The van der Waals surface area contributed by atoms with Crippen LogP contribution in [0.25, 0.3) is 0 Å². The first kappa shape index (κ1) is 16.8. The summed E-state index contributed by atoms with van der Waals surface area (Å²) in [5, 5.41) is 0. The van der Waals surface area contributed by atoms with Crippen LogP contribution in [-0.2, 0) is 6.54 Å². The van der Waals surface area contributed by atoms with Crippen LogP contribution in [-0.4, -0.2) is 38.2 Å². The standard InChI is InChI=1S/C20H25FN2O/c1-15-16(2)20(24-3)9-8-17(15)14-22-10-12-23(13-11-22)19-7-5-4-6-18(19)21/h4-9H,10-14H2,1-3H3. The number of nitrogens with zero attached hydrogens (tertiary/aromatic N) is 2. The summed E-state index contributed by atoms with van der Waals surface area (Å²) in [4.78, 5) is 4.57. The monoisotopic (exact) mass is 328 g/mol. The number of halogens is 1. The number of methoxy groups -OCH3 is 1. The van der Waals surface area contributed by atoms with Crippen molar-refractivity contribution in [2.24, 2.45) is 0 Å². The number of para-hydroxylation sites is 1. The molecule has 1 aliphatic rings. The highest BCUT2D eigenvalue weighted by Gasteiger charge is 2.20. The fraction of sp³-hybridized carbons (Fsp3) is 0.400. The molecule has 1 heterocycles. The van der Waals surface area contributed by atoms with Gasteiger partial charge in [-0.15, -0.1) is 0 Å². The molecule has 0 aromatic heterocycles. The summed E-state index contributed by atoms with van der Waals surface area (Å²) in [6, 6.07) is 11.2. The summed E-state index contributed by atoms with van der Waals surface area (Å²) in [5.41, 5.74) is 4.56. The lowest BCUT2D eigenvalue weighted by Gasteiger charge is -2.36. The summed E-state index contributed by atoms with van der Waals surface area (Å²) in [5.74, 6) is 0.813. The molecular formula is C20H25FN2O. The van der Waals surface area contributed by atoms with Crippen LogP contribution in [0, 0.1) is 19.7 Å². The van der Waals surface area contributed by atoms with Gasteiger partial charge in [0.25, 0.3) is 0 Å². The van der Waals surface area contributed by atoms with E-state index in [-0.39, 0.29) is 5.82 Å². The first-order valence-corrected chi connectivity index (χ1v) is 8.45. The first-order valence-electron chi connectivity index (χ1n) is 8.45. The van der Waals surface area contributed by atoms with Crippen molar-refractivity contribution in [1.82, 2.24) is 4.90 Å². The Balaban J connectivity index is 1.64. The lowest BCUT2D eigenvalue weighted by Crippen LogP contribution is -2.46. The zero-order valence-electron chi connectivity index (χ0n) is 14.7. The summed E-state index contributed by atoms with van der Waals surface area (Å²) >= 11 is 0. The van der Waals surface area contributed by atoms with Crippen molar-refractivity contribution in [2.45, 2.75) is 20.4 Å². The molecule has 0 atom stereocenters. The maximum absolute atomic E-state index is 13.9. The molecule has 4 heteroatoms. The Bertz CT molecular complexity index is 709. The number of ether oxygens (including phenoxy) is 1. The molecule has 0 N–H and O–H groups in total. The quantitative estimate of drug-likeness (QED) is 0.850. The molecule has 0 radical (unpaired) electrons. The minimum atomic E-state index is -0.132. The van der Waals surface area contributed by atoms with Crippen LogP contribution in [0.1, 0.15) is 16.7 Å². The molecule has 24 heavy (non-hydrogen) atoms. The van der Waals surface area contributed by atoms with Gasteiger partial charge in [0.2, 0.25) is 0 Å². The molecule has 128 valence electrons. The first-order chi connectivity index (χ1) is 11.6. The molecule has 0 unspecified atom stereocenters. The Morgan fingerprint density at radius 1 is 0.958 bits per heavy atom. The van der Waals surface area contributed by atoms with Gasteiger partial charge >= 0.3 is 0 Å². The lowest BCUT2D eigenvalue weighted by molar-refractivity contribution is 0.248. The van der Waals surface area contributed by atoms with E-state index in [1.165, 1.54) is 22.8 Å². The minimum absolute atomic E-state index is 0.132. The Morgan fingerprint density at radius 2 is 1.67 bits per heavy atom. The van der Waals surface area contributed by atoms with Crippen molar-refractivity contribution < 1.29 is 9.13 Å². The number of hydrogen-bond donors (Lipinski definition) is 0. The van der Waals surface area contributed by atoms with Gasteiger partial charge in [-0.05, 0) is 48.7 Å². The molecule has 1 saturated heterocycles. The van der Waals surface area contributed by atoms with E-state index in [9.17, 15) is 4.39 Å². The average Bonchev–Trinajstić information content (AvgIpc) is 2.60. The van der Waals surface area contributed by atoms with Gasteiger partial charge in [-0.25, -0.2) is 4.39 Å². The molecule has 0 spiro atoms. The molecular weight excluding hydrogens is 303 g/mol. The Kier molecular flexibility index (Phi) is 5.05. The van der Waals surface area contributed by atoms with Gasteiger partial charge < -0.3 is 9.64 Å². The molecule has 2 aromatic carbocycles. The zero-order chi connectivity index (χ0) is 17.1. The third kappa shape index (κ3) is 3.39. The summed E-state index contributed by atoms with van der Waals surface area (Å²) in [6.07, 6.45) is 0. The van der Waals surface area contributed by atoms with Gasteiger partial charge in [0, 0.05) is 32.7 Å². The number of rotatable bonds is 4. The molecule has 0 aliphatic carbocycles. The lowest BCUT2D eigenvalue weighted by atomic mass is 10.0. The average molecular weight is 328 g/mol. The van der Waals surface area contributed by atoms with Crippen LogP contribution in [0.3, 0.4) is 0 Å². The smallest absolute Gasteiger partial charge is 0.146 e.